The maximum atomic E-state index is 12.7. The highest BCUT2D eigenvalue weighted by Crippen LogP contribution is 2.39. The van der Waals surface area contributed by atoms with E-state index in [0.29, 0.717) is 6.42 Å². The molecule has 2 rings (SSSR count). The molecule has 3 nitrogen and oxygen atoms in total. The summed E-state index contributed by atoms with van der Waals surface area (Å²) in [7, 11) is 1.88. The Hall–Kier alpha value is -1.87. The van der Waals surface area contributed by atoms with Gasteiger partial charge < -0.3 is 9.64 Å². The lowest BCUT2D eigenvalue weighted by molar-refractivity contribution is -0.118. The Morgan fingerprint density at radius 3 is 2.69 bits per heavy atom. The molecule has 1 aliphatic rings. The van der Waals surface area contributed by atoms with E-state index in [4.69, 9.17) is 4.74 Å². The fourth-order valence-corrected chi connectivity index (χ4v) is 3.51. The van der Waals surface area contributed by atoms with Crippen LogP contribution in [0.1, 0.15) is 71.4 Å². The van der Waals surface area contributed by atoms with Gasteiger partial charge in [0.05, 0.1) is 11.7 Å². The molecule has 1 aromatic carbocycles. The average Bonchev–Trinajstić information content (AvgIpc) is 3.30. The number of epoxide rings is 1. The van der Waals surface area contributed by atoms with Crippen molar-refractivity contribution in [2.75, 3.05) is 11.9 Å². The van der Waals surface area contributed by atoms with Gasteiger partial charge in [-0.05, 0) is 70.1 Å². The second-order valence-corrected chi connectivity index (χ2v) is 9.01. The Balaban J connectivity index is 1.98. The number of benzene rings is 1. The maximum Gasteiger partial charge on any atom is 0.226 e. The van der Waals surface area contributed by atoms with Crippen LogP contribution in [0.4, 0.5) is 5.69 Å². The summed E-state index contributed by atoms with van der Waals surface area (Å²) in [5, 5.41) is 0. The van der Waals surface area contributed by atoms with Crippen LogP contribution in [0.15, 0.2) is 42.0 Å². The van der Waals surface area contributed by atoms with Crippen molar-refractivity contribution in [2.24, 2.45) is 5.92 Å². The zero-order chi connectivity index (χ0) is 21.6. The highest BCUT2D eigenvalue weighted by Gasteiger charge is 2.48. The van der Waals surface area contributed by atoms with E-state index in [1.165, 1.54) is 17.6 Å². The molecule has 1 aliphatic heterocycles. The lowest BCUT2D eigenvalue weighted by atomic mass is 10.0. The first-order chi connectivity index (χ1) is 13.7. The topological polar surface area (TPSA) is 32.8 Å². The molecule has 0 radical (unpaired) electrons. The normalized spacial score (nSPS) is 22.7. The van der Waals surface area contributed by atoms with Crippen molar-refractivity contribution in [3.63, 3.8) is 0 Å². The van der Waals surface area contributed by atoms with Crippen LogP contribution in [0.5, 0.6) is 0 Å². The first-order valence-corrected chi connectivity index (χ1v) is 11.0. The number of hydrogen-bond acceptors (Lipinski definition) is 2. The van der Waals surface area contributed by atoms with Crippen molar-refractivity contribution in [2.45, 2.75) is 85.4 Å². The second-order valence-electron chi connectivity index (χ2n) is 9.01. The Morgan fingerprint density at radius 2 is 2.07 bits per heavy atom. The molecule has 3 atom stereocenters. The van der Waals surface area contributed by atoms with Crippen molar-refractivity contribution in [3.8, 4) is 0 Å². The van der Waals surface area contributed by atoms with Gasteiger partial charge in [-0.1, -0.05) is 56.2 Å². The van der Waals surface area contributed by atoms with E-state index in [1.807, 2.05) is 7.05 Å². The summed E-state index contributed by atoms with van der Waals surface area (Å²) in [5.41, 5.74) is 4.57. The molecule has 29 heavy (non-hydrogen) atoms. The molecule has 3 heteroatoms. The van der Waals surface area contributed by atoms with E-state index < -0.39 is 0 Å². The van der Waals surface area contributed by atoms with Crippen LogP contribution in [-0.4, -0.2) is 24.7 Å². The van der Waals surface area contributed by atoms with Crippen LogP contribution < -0.4 is 4.90 Å². The Morgan fingerprint density at radius 1 is 1.38 bits per heavy atom. The minimum atomic E-state index is -0.113. The quantitative estimate of drug-likeness (QED) is 0.338. The van der Waals surface area contributed by atoms with Gasteiger partial charge in [0.15, 0.2) is 0 Å². The maximum absolute atomic E-state index is 12.7. The third-order valence-corrected chi connectivity index (χ3v) is 6.33. The van der Waals surface area contributed by atoms with Gasteiger partial charge in [0.2, 0.25) is 5.91 Å². The lowest BCUT2D eigenvalue weighted by Crippen LogP contribution is -2.28. The zero-order valence-corrected chi connectivity index (χ0v) is 19.4. The molecule has 0 saturated carbocycles. The molecule has 3 unspecified atom stereocenters. The van der Waals surface area contributed by atoms with Gasteiger partial charge in [0.25, 0.3) is 0 Å². The first-order valence-electron chi connectivity index (χ1n) is 11.0. The van der Waals surface area contributed by atoms with E-state index in [1.54, 1.807) is 4.90 Å². The number of carbonyl (C=O) groups is 1. The van der Waals surface area contributed by atoms with Gasteiger partial charge in [-0.2, -0.15) is 0 Å². The minimum absolute atomic E-state index is 0.113. The van der Waals surface area contributed by atoms with Gasteiger partial charge in [-0.3, -0.25) is 4.79 Å². The van der Waals surface area contributed by atoms with Crippen LogP contribution in [0.25, 0.3) is 0 Å². The fourth-order valence-electron chi connectivity index (χ4n) is 3.51. The number of aryl methyl sites for hydroxylation is 1. The van der Waals surface area contributed by atoms with E-state index in [-0.39, 0.29) is 17.6 Å². The number of amides is 1. The van der Waals surface area contributed by atoms with Gasteiger partial charge in [-0.15, -0.1) is 0 Å². The molecular weight excluding hydrogens is 358 g/mol. The summed E-state index contributed by atoms with van der Waals surface area (Å²) in [6.07, 6.45) is 11.4. The van der Waals surface area contributed by atoms with Crippen molar-refractivity contribution >= 4 is 11.6 Å². The van der Waals surface area contributed by atoms with Gasteiger partial charge in [0, 0.05) is 19.2 Å². The molecule has 1 heterocycles. The summed E-state index contributed by atoms with van der Waals surface area (Å²) in [5.74, 6) is 0.888. The summed E-state index contributed by atoms with van der Waals surface area (Å²) in [4.78, 5) is 14.5. The smallest absolute Gasteiger partial charge is 0.226 e. The average molecular weight is 398 g/mol. The standard InChI is InChI=1S/C26H39NO2/c1-8-19(2)11-9-10-12-20(3)17-23-14-13-21(4)24(18-23)27(7)25(28)15-16-26(6)22(5)29-26/h9-10,12-14,18-19,22H,8,11,15-17H2,1-7H3/b10-9+,20-12+. The molecule has 1 saturated heterocycles. The van der Waals surface area contributed by atoms with Gasteiger partial charge in [-0.25, -0.2) is 0 Å². The van der Waals surface area contributed by atoms with E-state index in [2.05, 4.69) is 78.0 Å². The molecule has 0 bridgehead atoms. The highest BCUT2D eigenvalue weighted by molar-refractivity contribution is 5.93. The number of ether oxygens (including phenoxy) is 1. The highest BCUT2D eigenvalue weighted by atomic mass is 16.6. The molecule has 0 spiro atoms. The molecule has 1 aromatic rings. The number of anilines is 1. The van der Waals surface area contributed by atoms with Crippen molar-refractivity contribution in [1.82, 2.24) is 0 Å². The Kier molecular flexibility index (Phi) is 8.27. The van der Waals surface area contributed by atoms with E-state index in [9.17, 15) is 4.79 Å². The SMILES string of the molecule is CCC(C)C/C=C/C=C(\C)Cc1ccc(C)c(N(C)C(=O)CCC2(C)OC2C)c1. The van der Waals surface area contributed by atoms with Crippen molar-refractivity contribution in [3.05, 3.63) is 53.1 Å². The van der Waals surface area contributed by atoms with Crippen molar-refractivity contribution in [1.29, 1.82) is 0 Å². The predicted molar refractivity (Wildman–Crippen MR) is 123 cm³/mol. The summed E-state index contributed by atoms with van der Waals surface area (Å²) < 4.78 is 5.60. The number of rotatable bonds is 10. The molecule has 0 aromatic heterocycles. The number of allylic oxidation sites excluding steroid dienone is 4. The number of hydrogen-bond donors (Lipinski definition) is 0. The lowest BCUT2D eigenvalue weighted by Gasteiger charge is -2.21. The van der Waals surface area contributed by atoms with Crippen LogP contribution in [0.3, 0.4) is 0 Å². The zero-order valence-electron chi connectivity index (χ0n) is 19.4. The Labute approximate surface area is 177 Å². The second kappa shape index (κ2) is 10.2. The van der Waals surface area contributed by atoms with Crippen molar-refractivity contribution < 1.29 is 9.53 Å². The monoisotopic (exact) mass is 397 g/mol. The van der Waals surface area contributed by atoms with E-state index >= 15 is 0 Å². The predicted octanol–water partition coefficient (Wildman–Crippen LogP) is 6.40. The summed E-state index contributed by atoms with van der Waals surface area (Å²) >= 11 is 0. The number of carbonyl (C=O) groups excluding carboxylic acids is 1. The molecular formula is C26H39NO2. The largest absolute Gasteiger partial charge is 0.367 e. The van der Waals surface area contributed by atoms with Crippen LogP contribution in [0, 0.1) is 12.8 Å². The molecule has 1 fully saturated rings. The van der Waals surface area contributed by atoms with Crippen LogP contribution in [0.2, 0.25) is 0 Å². The third kappa shape index (κ3) is 6.85. The fraction of sp³-hybridized carbons (Fsp3) is 0.577. The molecule has 0 aliphatic carbocycles. The summed E-state index contributed by atoms with van der Waals surface area (Å²) in [6, 6.07) is 6.44. The first kappa shape index (κ1) is 23.4. The molecule has 160 valence electrons. The molecule has 1 amide bonds. The number of nitrogens with zero attached hydrogens (tertiary/aromatic N) is 1. The van der Waals surface area contributed by atoms with Crippen LogP contribution in [-0.2, 0) is 16.0 Å². The minimum Gasteiger partial charge on any atom is -0.367 e. The van der Waals surface area contributed by atoms with Gasteiger partial charge >= 0.3 is 0 Å². The van der Waals surface area contributed by atoms with Gasteiger partial charge in [0.1, 0.15) is 0 Å². The Bertz CT molecular complexity index is 764. The third-order valence-electron chi connectivity index (χ3n) is 6.33. The molecule has 0 N–H and O–H groups in total. The van der Waals surface area contributed by atoms with E-state index in [0.717, 1.165) is 36.4 Å². The van der Waals surface area contributed by atoms with Crippen LogP contribution >= 0.6 is 0 Å². The summed E-state index contributed by atoms with van der Waals surface area (Å²) in [6.45, 7) is 12.9.